The van der Waals surface area contributed by atoms with Crippen molar-refractivity contribution < 1.29 is 8.78 Å². The van der Waals surface area contributed by atoms with Gasteiger partial charge in [0.25, 0.3) is 0 Å². The molecule has 102 valence electrons. The highest BCUT2D eigenvalue weighted by Crippen LogP contribution is 2.15. The maximum absolute atomic E-state index is 13.3. The van der Waals surface area contributed by atoms with E-state index in [0.717, 1.165) is 22.2 Å². The molecule has 0 aromatic heterocycles. The van der Waals surface area contributed by atoms with E-state index in [1.807, 2.05) is 36.4 Å². The predicted octanol–water partition coefficient (Wildman–Crippen LogP) is 4.80. The van der Waals surface area contributed by atoms with Gasteiger partial charge in [-0.3, -0.25) is 5.43 Å². The van der Waals surface area contributed by atoms with Gasteiger partial charge in [-0.15, -0.1) is 0 Å². The fourth-order valence-corrected chi connectivity index (χ4v) is 1.86. The minimum Gasteiger partial charge on any atom is -0.275 e. The molecule has 1 N–H and O–H groups in total. The second kappa shape index (κ2) is 6.96. The highest BCUT2D eigenvalue weighted by molar-refractivity contribution is 9.12. The number of halogens is 3. The van der Waals surface area contributed by atoms with Crippen LogP contribution in [0.15, 0.2) is 58.1 Å². The van der Waals surface area contributed by atoms with E-state index < -0.39 is 11.6 Å². The van der Waals surface area contributed by atoms with Gasteiger partial charge in [0.15, 0.2) is 5.82 Å². The van der Waals surface area contributed by atoms with E-state index in [9.17, 15) is 8.78 Å². The Kier molecular flexibility index (Phi) is 5.01. The highest BCUT2D eigenvalue weighted by atomic mass is 79.9. The van der Waals surface area contributed by atoms with Gasteiger partial charge < -0.3 is 0 Å². The van der Waals surface area contributed by atoms with Crippen LogP contribution in [0.2, 0.25) is 0 Å². The lowest BCUT2D eigenvalue weighted by atomic mass is 10.2. The fraction of sp³-hybridized carbons (Fsp3) is 0. The van der Waals surface area contributed by atoms with E-state index in [1.165, 1.54) is 12.3 Å². The van der Waals surface area contributed by atoms with Crippen molar-refractivity contribution in [3.63, 3.8) is 0 Å². The van der Waals surface area contributed by atoms with Crippen LogP contribution in [0.1, 0.15) is 5.56 Å². The van der Waals surface area contributed by atoms with Crippen LogP contribution in [0.5, 0.6) is 0 Å². The fourth-order valence-electron chi connectivity index (χ4n) is 1.49. The average Bonchev–Trinajstić information content (AvgIpc) is 2.42. The van der Waals surface area contributed by atoms with Crippen molar-refractivity contribution in [2.45, 2.75) is 0 Å². The Morgan fingerprint density at radius 2 is 1.85 bits per heavy atom. The SMILES string of the molecule is Fc1ccc(NN=C/C(Br)=C\c2ccccc2)c(F)c1. The summed E-state index contributed by atoms with van der Waals surface area (Å²) >= 11 is 3.34. The molecule has 0 fully saturated rings. The van der Waals surface area contributed by atoms with Crippen molar-refractivity contribution >= 4 is 33.9 Å². The van der Waals surface area contributed by atoms with E-state index in [1.54, 1.807) is 0 Å². The molecule has 0 aliphatic carbocycles. The molecule has 0 bridgehead atoms. The van der Waals surface area contributed by atoms with Crippen LogP contribution in [0.4, 0.5) is 14.5 Å². The van der Waals surface area contributed by atoms with Crippen LogP contribution < -0.4 is 5.43 Å². The minimum atomic E-state index is -0.690. The summed E-state index contributed by atoms with van der Waals surface area (Å²) in [6.45, 7) is 0. The summed E-state index contributed by atoms with van der Waals surface area (Å²) in [6.07, 6.45) is 3.36. The molecule has 2 aromatic rings. The monoisotopic (exact) mass is 336 g/mol. The van der Waals surface area contributed by atoms with Gasteiger partial charge >= 0.3 is 0 Å². The molecule has 0 aliphatic heterocycles. The zero-order chi connectivity index (χ0) is 14.4. The Morgan fingerprint density at radius 3 is 2.55 bits per heavy atom. The maximum Gasteiger partial charge on any atom is 0.151 e. The Balaban J connectivity index is 2.01. The third-order valence-electron chi connectivity index (χ3n) is 2.41. The maximum atomic E-state index is 13.3. The second-order valence-corrected chi connectivity index (χ2v) is 4.85. The van der Waals surface area contributed by atoms with Crippen molar-refractivity contribution in [3.05, 3.63) is 70.2 Å². The average molecular weight is 337 g/mol. The largest absolute Gasteiger partial charge is 0.275 e. The zero-order valence-corrected chi connectivity index (χ0v) is 11.9. The number of rotatable bonds is 4. The van der Waals surface area contributed by atoms with Gasteiger partial charge in [0.2, 0.25) is 0 Å². The number of nitrogens with zero attached hydrogens (tertiary/aromatic N) is 1. The van der Waals surface area contributed by atoms with Gasteiger partial charge in [0.1, 0.15) is 5.82 Å². The van der Waals surface area contributed by atoms with Crippen molar-refractivity contribution in [1.29, 1.82) is 0 Å². The van der Waals surface area contributed by atoms with Gasteiger partial charge in [-0.25, -0.2) is 8.78 Å². The Labute approximate surface area is 124 Å². The minimum absolute atomic E-state index is 0.114. The summed E-state index contributed by atoms with van der Waals surface area (Å²) in [5, 5.41) is 3.88. The van der Waals surface area contributed by atoms with Crippen molar-refractivity contribution in [2.24, 2.45) is 5.10 Å². The van der Waals surface area contributed by atoms with Gasteiger partial charge in [-0.05, 0) is 39.7 Å². The quantitative estimate of drug-likeness (QED) is 0.629. The number of benzene rings is 2. The van der Waals surface area contributed by atoms with Gasteiger partial charge in [0.05, 0.1) is 11.9 Å². The first-order chi connectivity index (χ1) is 9.65. The molecule has 0 amide bonds. The highest BCUT2D eigenvalue weighted by Gasteiger charge is 2.01. The summed E-state index contributed by atoms with van der Waals surface area (Å²) < 4.78 is 26.8. The third-order valence-corrected chi connectivity index (χ3v) is 2.84. The van der Waals surface area contributed by atoms with E-state index in [4.69, 9.17) is 0 Å². The summed E-state index contributed by atoms with van der Waals surface area (Å²) in [4.78, 5) is 0. The van der Waals surface area contributed by atoms with E-state index in [-0.39, 0.29) is 5.69 Å². The molecule has 20 heavy (non-hydrogen) atoms. The van der Waals surface area contributed by atoms with Crippen molar-refractivity contribution in [2.75, 3.05) is 5.43 Å². The molecule has 2 nitrogen and oxygen atoms in total. The first-order valence-corrected chi connectivity index (χ1v) is 6.61. The molecule has 5 heteroatoms. The molecular formula is C15H11BrF2N2. The van der Waals surface area contributed by atoms with E-state index in [2.05, 4.69) is 26.5 Å². The van der Waals surface area contributed by atoms with E-state index in [0.29, 0.717) is 0 Å². The molecule has 0 aliphatic rings. The summed E-state index contributed by atoms with van der Waals surface area (Å²) in [5.74, 6) is -1.31. The van der Waals surface area contributed by atoms with Crippen LogP contribution in [0.3, 0.4) is 0 Å². The predicted molar refractivity (Wildman–Crippen MR) is 81.8 cm³/mol. The molecule has 2 rings (SSSR count). The first-order valence-electron chi connectivity index (χ1n) is 5.81. The number of hydrogen-bond acceptors (Lipinski definition) is 2. The van der Waals surface area contributed by atoms with Crippen LogP contribution in [-0.4, -0.2) is 6.21 Å². The molecule has 2 aromatic carbocycles. The summed E-state index contributed by atoms with van der Waals surface area (Å²) in [6, 6.07) is 12.9. The lowest BCUT2D eigenvalue weighted by molar-refractivity contribution is 0.585. The smallest absolute Gasteiger partial charge is 0.151 e. The Morgan fingerprint density at radius 1 is 1.10 bits per heavy atom. The van der Waals surface area contributed by atoms with Crippen LogP contribution in [-0.2, 0) is 0 Å². The van der Waals surface area contributed by atoms with Crippen LogP contribution in [0.25, 0.3) is 6.08 Å². The van der Waals surface area contributed by atoms with Gasteiger partial charge in [0, 0.05) is 10.5 Å². The molecule has 0 heterocycles. The Hall–Kier alpha value is -2.01. The van der Waals surface area contributed by atoms with Gasteiger partial charge in [-0.2, -0.15) is 5.10 Å². The third kappa shape index (κ3) is 4.28. The molecule has 0 saturated carbocycles. The van der Waals surface area contributed by atoms with Crippen molar-refractivity contribution in [1.82, 2.24) is 0 Å². The zero-order valence-electron chi connectivity index (χ0n) is 10.4. The number of anilines is 1. The van der Waals surface area contributed by atoms with Crippen LogP contribution in [0, 0.1) is 11.6 Å². The number of nitrogens with one attached hydrogen (secondary N) is 1. The topological polar surface area (TPSA) is 24.4 Å². The standard InChI is InChI=1S/C15H11BrF2N2/c16-12(8-11-4-2-1-3-5-11)10-19-20-15-7-6-13(17)9-14(15)18/h1-10,20H/b12-8+,19-10?. The molecule has 0 spiro atoms. The molecule has 0 radical (unpaired) electrons. The lowest BCUT2D eigenvalue weighted by Crippen LogP contribution is -1.93. The van der Waals surface area contributed by atoms with E-state index >= 15 is 0 Å². The molecule has 0 saturated heterocycles. The number of hydrogen-bond donors (Lipinski definition) is 1. The molecular weight excluding hydrogens is 326 g/mol. The normalized spacial score (nSPS) is 11.8. The van der Waals surface area contributed by atoms with Crippen LogP contribution >= 0.6 is 15.9 Å². The number of allylic oxidation sites excluding steroid dienone is 1. The summed E-state index contributed by atoms with van der Waals surface area (Å²) in [5.41, 5.74) is 3.64. The number of hydrazone groups is 1. The summed E-state index contributed by atoms with van der Waals surface area (Å²) in [7, 11) is 0. The van der Waals surface area contributed by atoms with Crippen molar-refractivity contribution in [3.8, 4) is 0 Å². The Bertz CT molecular complexity index is 640. The first kappa shape index (κ1) is 14.4. The molecule has 0 atom stereocenters. The lowest BCUT2D eigenvalue weighted by Gasteiger charge is -2.01. The molecule has 0 unspecified atom stereocenters. The second-order valence-electron chi connectivity index (χ2n) is 3.93. The van der Waals surface area contributed by atoms with Gasteiger partial charge in [-0.1, -0.05) is 30.3 Å².